The SMILES string of the molecule is O=C1CC(c2ccc(OCc3ccccc3C(F)(F)F)cc2)c2cn[nH]c2C=N1. The van der Waals surface area contributed by atoms with Gasteiger partial charge < -0.3 is 4.74 Å². The van der Waals surface area contributed by atoms with Gasteiger partial charge in [0.15, 0.2) is 0 Å². The summed E-state index contributed by atoms with van der Waals surface area (Å²) >= 11 is 0. The van der Waals surface area contributed by atoms with Crippen LogP contribution >= 0.6 is 0 Å². The molecule has 0 saturated heterocycles. The molecular weight excluding hydrogens is 383 g/mol. The average Bonchev–Trinajstić information content (AvgIpc) is 3.11. The number of carbonyl (C=O) groups excluding carboxylic acids is 1. The van der Waals surface area contributed by atoms with Crippen LogP contribution < -0.4 is 4.74 Å². The van der Waals surface area contributed by atoms with Gasteiger partial charge in [-0.25, -0.2) is 4.99 Å². The van der Waals surface area contributed by atoms with Gasteiger partial charge in [0.05, 0.1) is 23.7 Å². The number of fused-ring (bicyclic) bond motifs is 1. The molecule has 1 amide bonds. The molecule has 29 heavy (non-hydrogen) atoms. The number of H-pyrrole nitrogens is 1. The number of halogens is 3. The van der Waals surface area contributed by atoms with E-state index in [-0.39, 0.29) is 30.4 Å². The number of amides is 1. The van der Waals surface area contributed by atoms with Gasteiger partial charge in [-0.05, 0) is 23.8 Å². The minimum atomic E-state index is -4.43. The fraction of sp³-hybridized carbons (Fsp3) is 0.190. The Morgan fingerprint density at radius 1 is 1.10 bits per heavy atom. The third-order valence-electron chi connectivity index (χ3n) is 4.79. The molecule has 2 heterocycles. The van der Waals surface area contributed by atoms with E-state index in [4.69, 9.17) is 4.74 Å². The van der Waals surface area contributed by atoms with Crippen molar-refractivity contribution in [3.63, 3.8) is 0 Å². The lowest BCUT2D eigenvalue weighted by atomic mass is 9.89. The summed E-state index contributed by atoms with van der Waals surface area (Å²) in [5.74, 6) is -0.00298. The molecule has 4 rings (SSSR count). The predicted molar refractivity (Wildman–Crippen MR) is 99.9 cm³/mol. The van der Waals surface area contributed by atoms with Crippen LogP contribution in [0.25, 0.3) is 0 Å². The number of aromatic nitrogens is 2. The maximum atomic E-state index is 13.1. The number of ether oxygens (including phenoxy) is 1. The Bertz CT molecular complexity index is 1060. The first-order chi connectivity index (χ1) is 13.9. The van der Waals surface area contributed by atoms with Crippen LogP contribution in [0, 0.1) is 0 Å². The highest BCUT2D eigenvalue weighted by molar-refractivity contribution is 5.94. The molecule has 5 nitrogen and oxygen atoms in total. The molecule has 0 fully saturated rings. The Morgan fingerprint density at radius 2 is 1.86 bits per heavy atom. The smallest absolute Gasteiger partial charge is 0.416 e. The van der Waals surface area contributed by atoms with Gasteiger partial charge in [-0.3, -0.25) is 9.89 Å². The monoisotopic (exact) mass is 399 g/mol. The molecule has 0 bridgehead atoms. The molecule has 1 aromatic heterocycles. The summed E-state index contributed by atoms with van der Waals surface area (Å²) in [6, 6.07) is 12.3. The van der Waals surface area contributed by atoms with E-state index in [1.54, 1.807) is 36.5 Å². The van der Waals surface area contributed by atoms with Crippen molar-refractivity contribution < 1.29 is 22.7 Å². The van der Waals surface area contributed by atoms with Crippen molar-refractivity contribution in [1.82, 2.24) is 10.2 Å². The molecule has 3 aromatic rings. The van der Waals surface area contributed by atoms with Gasteiger partial charge in [0.1, 0.15) is 12.4 Å². The van der Waals surface area contributed by atoms with Crippen molar-refractivity contribution >= 4 is 12.1 Å². The first-order valence-electron chi connectivity index (χ1n) is 8.90. The Labute approximate surface area is 164 Å². The highest BCUT2D eigenvalue weighted by atomic mass is 19.4. The van der Waals surface area contributed by atoms with Gasteiger partial charge in [-0.2, -0.15) is 18.3 Å². The second-order valence-corrected chi connectivity index (χ2v) is 6.66. The van der Waals surface area contributed by atoms with E-state index in [9.17, 15) is 18.0 Å². The third kappa shape index (κ3) is 4.06. The zero-order chi connectivity index (χ0) is 20.4. The molecule has 1 N–H and O–H groups in total. The van der Waals surface area contributed by atoms with Crippen molar-refractivity contribution in [2.45, 2.75) is 25.1 Å². The molecule has 2 aromatic carbocycles. The summed E-state index contributed by atoms with van der Waals surface area (Å²) < 4.78 is 44.8. The summed E-state index contributed by atoms with van der Waals surface area (Å²) in [5, 5.41) is 6.83. The standard InChI is InChI=1S/C21H16F3N3O2/c22-21(23,24)18-4-2-1-3-14(18)12-29-15-7-5-13(6-8-15)16-9-20(28)25-11-19-17(16)10-26-27-19/h1-8,10-11,16H,9,12H2,(H,26,27). The molecule has 1 atom stereocenters. The van der Waals surface area contributed by atoms with Crippen LogP contribution in [0.1, 0.15) is 40.3 Å². The third-order valence-corrected chi connectivity index (χ3v) is 4.79. The van der Waals surface area contributed by atoms with Gasteiger partial charge >= 0.3 is 6.18 Å². The van der Waals surface area contributed by atoms with Gasteiger partial charge in [-0.15, -0.1) is 0 Å². The highest BCUT2D eigenvalue weighted by Crippen LogP contribution is 2.34. The number of hydrogen-bond donors (Lipinski definition) is 1. The second-order valence-electron chi connectivity index (χ2n) is 6.66. The van der Waals surface area contributed by atoms with E-state index in [2.05, 4.69) is 15.2 Å². The summed E-state index contributed by atoms with van der Waals surface area (Å²) in [6.07, 6.45) is -1.08. The summed E-state index contributed by atoms with van der Waals surface area (Å²) in [5.41, 5.74) is 1.78. The molecule has 148 valence electrons. The number of aliphatic imine (C=N–C) groups is 1. The zero-order valence-corrected chi connectivity index (χ0v) is 15.1. The normalized spacial score (nSPS) is 16.4. The maximum absolute atomic E-state index is 13.1. The average molecular weight is 399 g/mol. The quantitative estimate of drug-likeness (QED) is 0.703. The Balaban J connectivity index is 1.51. The highest BCUT2D eigenvalue weighted by Gasteiger charge is 2.33. The van der Waals surface area contributed by atoms with Crippen LogP contribution in [0.2, 0.25) is 0 Å². The van der Waals surface area contributed by atoms with Crippen molar-refractivity contribution in [2.75, 3.05) is 0 Å². The number of benzene rings is 2. The zero-order valence-electron chi connectivity index (χ0n) is 15.1. The molecule has 1 aliphatic heterocycles. The topological polar surface area (TPSA) is 67.3 Å². The first kappa shape index (κ1) is 18.9. The van der Waals surface area contributed by atoms with Crippen LogP contribution in [0.3, 0.4) is 0 Å². The molecule has 8 heteroatoms. The molecule has 0 saturated carbocycles. The van der Waals surface area contributed by atoms with Crippen molar-refractivity contribution in [3.8, 4) is 5.75 Å². The number of carbonyl (C=O) groups is 1. The van der Waals surface area contributed by atoms with E-state index in [0.717, 1.165) is 17.2 Å². The number of hydrogen-bond acceptors (Lipinski definition) is 3. The lowest BCUT2D eigenvalue weighted by Crippen LogP contribution is -2.10. The van der Waals surface area contributed by atoms with E-state index in [1.165, 1.54) is 18.3 Å². The van der Waals surface area contributed by atoms with Gasteiger partial charge in [-0.1, -0.05) is 30.3 Å². The van der Waals surface area contributed by atoms with Crippen LogP contribution in [0.5, 0.6) is 5.75 Å². The minimum Gasteiger partial charge on any atom is -0.489 e. The first-order valence-corrected chi connectivity index (χ1v) is 8.90. The lowest BCUT2D eigenvalue weighted by molar-refractivity contribution is -0.138. The maximum Gasteiger partial charge on any atom is 0.416 e. The molecule has 1 unspecified atom stereocenters. The van der Waals surface area contributed by atoms with Gasteiger partial charge in [0.25, 0.3) is 0 Å². The van der Waals surface area contributed by atoms with Crippen LogP contribution in [-0.4, -0.2) is 22.3 Å². The fourth-order valence-corrected chi connectivity index (χ4v) is 3.34. The molecule has 0 aliphatic carbocycles. The Hall–Kier alpha value is -3.42. The van der Waals surface area contributed by atoms with Crippen LogP contribution in [0.15, 0.2) is 59.7 Å². The number of nitrogens with one attached hydrogen (secondary N) is 1. The van der Waals surface area contributed by atoms with E-state index in [1.807, 2.05) is 0 Å². The molecular formula is C21H16F3N3O2. The molecule has 1 aliphatic rings. The molecule has 0 spiro atoms. The van der Waals surface area contributed by atoms with Crippen LogP contribution in [-0.2, 0) is 17.6 Å². The Morgan fingerprint density at radius 3 is 2.62 bits per heavy atom. The lowest BCUT2D eigenvalue weighted by Gasteiger charge is -2.16. The van der Waals surface area contributed by atoms with Crippen molar-refractivity contribution in [2.24, 2.45) is 4.99 Å². The van der Waals surface area contributed by atoms with E-state index >= 15 is 0 Å². The van der Waals surface area contributed by atoms with Gasteiger partial charge in [0, 0.05) is 23.5 Å². The summed E-state index contributed by atoms with van der Waals surface area (Å²) in [4.78, 5) is 15.8. The molecule has 0 radical (unpaired) electrons. The largest absolute Gasteiger partial charge is 0.489 e. The van der Waals surface area contributed by atoms with E-state index in [0.29, 0.717) is 11.4 Å². The number of rotatable bonds is 4. The second kappa shape index (κ2) is 7.54. The fourth-order valence-electron chi connectivity index (χ4n) is 3.34. The van der Waals surface area contributed by atoms with Crippen molar-refractivity contribution in [1.29, 1.82) is 0 Å². The van der Waals surface area contributed by atoms with E-state index < -0.39 is 11.7 Å². The Kier molecular flexibility index (Phi) is 4.92. The van der Waals surface area contributed by atoms with Crippen LogP contribution in [0.4, 0.5) is 13.2 Å². The minimum absolute atomic E-state index is 0.0682. The van der Waals surface area contributed by atoms with Gasteiger partial charge in [0.2, 0.25) is 5.91 Å². The number of aromatic amines is 1. The number of alkyl halides is 3. The summed E-state index contributed by atoms with van der Waals surface area (Å²) in [6.45, 7) is -0.198. The summed E-state index contributed by atoms with van der Waals surface area (Å²) in [7, 11) is 0. The van der Waals surface area contributed by atoms with Crippen molar-refractivity contribution in [3.05, 3.63) is 82.7 Å². The number of nitrogens with zero attached hydrogens (tertiary/aromatic N) is 2. The predicted octanol–water partition coefficient (Wildman–Crippen LogP) is 4.49.